The molecule has 0 saturated carbocycles. The lowest BCUT2D eigenvalue weighted by atomic mass is 9.87. The lowest BCUT2D eigenvalue weighted by molar-refractivity contribution is 0.0462. The zero-order valence-electron chi connectivity index (χ0n) is 16.9. The predicted molar refractivity (Wildman–Crippen MR) is 115 cm³/mol. The second-order valence-electron chi connectivity index (χ2n) is 7.64. The van der Waals surface area contributed by atoms with Gasteiger partial charge >= 0.3 is 0 Å². The zero-order chi connectivity index (χ0) is 20.8. The zero-order valence-corrected chi connectivity index (χ0v) is 16.9. The van der Waals surface area contributed by atoms with Gasteiger partial charge < -0.3 is 14.7 Å². The van der Waals surface area contributed by atoms with Crippen LogP contribution in [0.4, 0.5) is 0 Å². The lowest BCUT2D eigenvalue weighted by Gasteiger charge is -2.34. The standard InChI is InChI=1S/C25H26N2O3/c28-24(20-9-5-2-6-10-20)21-12-15-27(16-13-21)25(29)22-11-14-26-23(17-22)30-18-19-7-3-1-4-8-19/h1-11,14,17,21,24,28H,12-13,15-16,18H2. The third-order valence-corrected chi connectivity index (χ3v) is 5.63. The summed E-state index contributed by atoms with van der Waals surface area (Å²) in [6.45, 7) is 1.68. The van der Waals surface area contributed by atoms with Crippen LogP contribution >= 0.6 is 0 Å². The molecule has 4 rings (SSSR count). The molecule has 1 amide bonds. The van der Waals surface area contributed by atoms with Crippen LogP contribution in [0.1, 0.15) is 40.4 Å². The highest BCUT2D eigenvalue weighted by Gasteiger charge is 2.28. The Labute approximate surface area is 177 Å². The van der Waals surface area contributed by atoms with Crippen LogP contribution in [0.5, 0.6) is 5.88 Å². The molecule has 0 bridgehead atoms. The van der Waals surface area contributed by atoms with Crippen LogP contribution in [-0.4, -0.2) is 34.0 Å². The molecule has 1 aliphatic rings. The molecular weight excluding hydrogens is 376 g/mol. The molecule has 5 nitrogen and oxygen atoms in total. The Bertz CT molecular complexity index is 954. The number of amides is 1. The van der Waals surface area contributed by atoms with Crippen molar-refractivity contribution in [2.24, 2.45) is 5.92 Å². The van der Waals surface area contributed by atoms with E-state index in [2.05, 4.69) is 4.98 Å². The van der Waals surface area contributed by atoms with Crippen LogP contribution in [0.25, 0.3) is 0 Å². The van der Waals surface area contributed by atoms with Gasteiger partial charge in [-0.1, -0.05) is 60.7 Å². The third-order valence-electron chi connectivity index (χ3n) is 5.63. The van der Waals surface area contributed by atoms with Gasteiger partial charge in [-0.3, -0.25) is 4.79 Å². The summed E-state index contributed by atoms with van der Waals surface area (Å²) in [4.78, 5) is 19.0. The van der Waals surface area contributed by atoms with E-state index in [4.69, 9.17) is 4.74 Å². The van der Waals surface area contributed by atoms with Crippen molar-refractivity contribution in [3.05, 3.63) is 95.7 Å². The first kappa shape index (κ1) is 20.1. The number of rotatable bonds is 6. The van der Waals surface area contributed by atoms with Gasteiger partial charge in [-0.25, -0.2) is 4.98 Å². The van der Waals surface area contributed by atoms with Crippen LogP contribution in [0.2, 0.25) is 0 Å². The molecule has 154 valence electrons. The van der Waals surface area contributed by atoms with Crippen molar-refractivity contribution in [1.82, 2.24) is 9.88 Å². The van der Waals surface area contributed by atoms with Gasteiger partial charge in [0.15, 0.2) is 0 Å². The number of aliphatic hydroxyl groups is 1. The van der Waals surface area contributed by atoms with E-state index in [-0.39, 0.29) is 11.8 Å². The number of ether oxygens (including phenoxy) is 1. The Morgan fingerprint density at radius 2 is 1.70 bits per heavy atom. The maximum Gasteiger partial charge on any atom is 0.254 e. The number of pyridine rings is 1. The molecule has 30 heavy (non-hydrogen) atoms. The van der Waals surface area contributed by atoms with Crippen LogP contribution in [0.15, 0.2) is 79.0 Å². The molecule has 1 unspecified atom stereocenters. The molecule has 1 saturated heterocycles. The Hall–Kier alpha value is -3.18. The van der Waals surface area contributed by atoms with Gasteiger partial charge in [-0.05, 0) is 36.0 Å². The van der Waals surface area contributed by atoms with E-state index in [9.17, 15) is 9.90 Å². The number of carbonyl (C=O) groups is 1. The van der Waals surface area contributed by atoms with Gasteiger partial charge in [0.05, 0.1) is 6.10 Å². The summed E-state index contributed by atoms with van der Waals surface area (Å²) < 4.78 is 5.75. The van der Waals surface area contributed by atoms with Crippen molar-refractivity contribution in [1.29, 1.82) is 0 Å². The third kappa shape index (κ3) is 4.86. The molecule has 0 aliphatic carbocycles. The van der Waals surface area contributed by atoms with Crippen molar-refractivity contribution in [2.75, 3.05) is 13.1 Å². The highest BCUT2D eigenvalue weighted by Crippen LogP contribution is 2.31. The molecule has 1 aliphatic heterocycles. The van der Waals surface area contributed by atoms with Gasteiger partial charge in [0.25, 0.3) is 5.91 Å². The van der Waals surface area contributed by atoms with Gasteiger partial charge in [0.2, 0.25) is 5.88 Å². The number of benzene rings is 2. The van der Waals surface area contributed by atoms with Gasteiger partial charge in [0.1, 0.15) is 6.61 Å². The minimum absolute atomic E-state index is 0.0189. The van der Waals surface area contributed by atoms with Crippen LogP contribution < -0.4 is 4.74 Å². The summed E-state index contributed by atoms with van der Waals surface area (Å²) in [5, 5.41) is 10.6. The first-order chi connectivity index (χ1) is 14.7. The summed E-state index contributed by atoms with van der Waals surface area (Å²) >= 11 is 0. The summed E-state index contributed by atoms with van der Waals surface area (Å²) in [5.74, 6) is 0.590. The number of piperidine rings is 1. The Kier molecular flexibility index (Phi) is 6.40. The van der Waals surface area contributed by atoms with Crippen LogP contribution in [0.3, 0.4) is 0 Å². The predicted octanol–water partition coefficient (Wildman–Crippen LogP) is 4.25. The number of aromatic nitrogens is 1. The first-order valence-electron chi connectivity index (χ1n) is 10.4. The normalized spacial score (nSPS) is 15.6. The topological polar surface area (TPSA) is 62.7 Å². The number of hydrogen-bond acceptors (Lipinski definition) is 4. The highest BCUT2D eigenvalue weighted by atomic mass is 16.5. The van der Waals surface area contributed by atoms with Crippen molar-refractivity contribution >= 4 is 5.91 Å². The Morgan fingerprint density at radius 1 is 1.03 bits per heavy atom. The monoisotopic (exact) mass is 402 g/mol. The summed E-state index contributed by atoms with van der Waals surface area (Å²) in [7, 11) is 0. The van der Waals surface area contributed by atoms with E-state index >= 15 is 0 Å². The maximum atomic E-state index is 13.0. The van der Waals surface area contributed by atoms with Gasteiger partial charge in [-0.2, -0.15) is 0 Å². The molecule has 2 aromatic carbocycles. The van der Waals surface area contributed by atoms with Crippen LogP contribution in [-0.2, 0) is 6.61 Å². The smallest absolute Gasteiger partial charge is 0.254 e. The molecule has 2 heterocycles. The molecule has 0 radical (unpaired) electrons. The quantitative estimate of drug-likeness (QED) is 0.670. The minimum Gasteiger partial charge on any atom is -0.473 e. The first-order valence-corrected chi connectivity index (χ1v) is 10.4. The number of aliphatic hydroxyl groups excluding tert-OH is 1. The number of likely N-dealkylation sites (tertiary alicyclic amines) is 1. The molecule has 1 N–H and O–H groups in total. The second-order valence-corrected chi connectivity index (χ2v) is 7.64. The number of carbonyl (C=O) groups excluding carboxylic acids is 1. The Balaban J connectivity index is 1.34. The molecule has 1 atom stereocenters. The molecule has 3 aromatic rings. The fourth-order valence-corrected chi connectivity index (χ4v) is 3.88. The van der Waals surface area contributed by atoms with Crippen molar-refractivity contribution in [3.63, 3.8) is 0 Å². The summed E-state index contributed by atoms with van der Waals surface area (Å²) in [5.41, 5.74) is 2.57. The van der Waals surface area contributed by atoms with E-state index < -0.39 is 6.10 Å². The average Bonchev–Trinajstić information content (AvgIpc) is 2.83. The summed E-state index contributed by atoms with van der Waals surface area (Å²) in [6.07, 6.45) is 2.69. The van der Waals surface area contributed by atoms with Crippen LogP contribution in [0, 0.1) is 5.92 Å². The molecule has 5 heteroatoms. The van der Waals surface area contributed by atoms with Crippen molar-refractivity contribution in [3.8, 4) is 5.88 Å². The number of nitrogens with zero attached hydrogens (tertiary/aromatic N) is 2. The molecule has 1 fully saturated rings. The number of hydrogen-bond donors (Lipinski definition) is 1. The SMILES string of the molecule is O=C(c1ccnc(OCc2ccccc2)c1)N1CCC(C(O)c2ccccc2)CC1. The van der Waals surface area contributed by atoms with E-state index in [1.54, 1.807) is 18.3 Å². The summed E-state index contributed by atoms with van der Waals surface area (Å²) in [6, 6.07) is 23.0. The minimum atomic E-state index is -0.484. The largest absolute Gasteiger partial charge is 0.473 e. The lowest BCUT2D eigenvalue weighted by Crippen LogP contribution is -2.39. The second kappa shape index (κ2) is 9.55. The van der Waals surface area contributed by atoms with Gasteiger partial charge in [-0.15, -0.1) is 0 Å². The highest BCUT2D eigenvalue weighted by molar-refractivity contribution is 5.94. The van der Waals surface area contributed by atoms with Gasteiger partial charge in [0, 0.05) is 30.9 Å². The van der Waals surface area contributed by atoms with E-state index in [0.717, 1.165) is 24.0 Å². The fraction of sp³-hybridized carbons (Fsp3) is 0.280. The van der Waals surface area contributed by atoms with E-state index in [1.807, 2.05) is 65.6 Å². The van der Waals surface area contributed by atoms with E-state index in [0.29, 0.717) is 31.1 Å². The fourth-order valence-electron chi connectivity index (χ4n) is 3.88. The van der Waals surface area contributed by atoms with Crippen molar-refractivity contribution in [2.45, 2.75) is 25.6 Å². The Morgan fingerprint density at radius 3 is 2.40 bits per heavy atom. The molecular formula is C25H26N2O3. The van der Waals surface area contributed by atoms with Crippen molar-refractivity contribution < 1.29 is 14.6 Å². The van der Waals surface area contributed by atoms with E-state index in [1.165, 1.54) is 0 Å². The molecule has 0 spiro atoms. The maximum absolute atomic E-state index is 13.0. The average molecular weight is 402 g/mol. The molecule has 1 aromatic heterocycles.